The largest absolute Gasteiger partial charge is 0.347 e. The minimum atomic E-state index is -0.313. The number of carbonyl (C=O) groups is 1. The fraction of sp³-hybridized carbons (Fsp3) is 0.333. The molecule has 164 valence electrons. The van der Waals surface area contributed by atoms with Crippen LogP contribution in [0.15, 0.2) is 48.8 Å². The van der Waals surface area contributed by atoms with Crippen LogP contribution in [0.2, 0.25) is 0 Å². The van der Waals surface area contributed by atoms with Gasteiger partial charge in [0.1, 0.15) is 5.82 Å². The van der Waals surface area contributed by atoms with Crippen LogP contribution in [0.25, 0.3) is 11.3 Å². The van der Waals surface area contributed by atoms with Crippen molar-refractivity contribution < 1.29 is 9.18 Å². The number of halogens is 1. The van der Waals surface area contributed by atoms with Crippen molar-refractivity contribution in [3.05, 3.63) is 71.4 Å². The normalized spacial score (nSPS) is 18.4. The summed E-state index contributed by atoms with van der Waals surface area (Å²) < 4.78 is 13.4. The minimum Gasteiger partial charge on any atom is -0.347 e. The van der Waals surface area contributed by atoms with Gasteiger partial charge in [0.25, 0.3) is 5.91 Å². The zero-order chi connectivity index (χ0) is 22.1. The maximum absolute atomic E-state index is 13.4. The van der Waals surface area contributed by atoms with Crippen LogP contribution in [0, 0.1) is 5.82 Å². The van der Waals surface area contributed by atoms with Gasteiger partial charge >= 0.3 is 0 Å². The Morgan fingerprint density at radius 1 is 1.16 bits per heavy atom. The van der Waals surface area contributed by atoms with Gasteiger partial charge in [-0.1, -0.05) is 12.1 Å². The number of rotatable bonds is 4. The van der Waals surface area contributed by atoms with Gasteiger partial charge in [0.15, 0.2) is 0 Å². The molecule has 0 saturated carbocycles. The second-order valence-corrected chi connectivity index (χ2v) is 8.48. The Morgan fingerprint density at radius 2 is 2.06 bits per heavy atom. The number of hydrogen-bond acceptors (Lipinski definition) is 6. The van der Waals surface area contributed by atoms with Crippen molar-refractivity contribution in [2.45, 2.75) is 25.4 Å². The molecule has 32 heavy (non-hydrogen) atoms. The number of likely N-dealkylation sites (N-methyl/N-ethyl adjacent to an activating group) is 1. The molecule has 1 saturated heterocycles. The number of benzene rings is 1. The quantitative estimate of drug-likeness (QED) is 0.683. The molecule has 0 aliphatic carbocycles. The number of carbonyl (C=O) groups excluding carboxylic acids is 1. The van der Waals surface area contributed by atoms with E-state index in [1.54, 1.807) is 24.3 Å². The fourth-order valence-electron chi connectivity index (χ4n) is 4.27. The summed E-state index contributed by atoms with van der Waals surface area (Å²) in [6, 6.07) is 9.74. The predicted molar refractivity (Wildman–Crippen MR) is 120 cm³/mol. The second-order valence-electron chi connectivity index (χ2n) is 8.48. The smallest absolute Gasteiger partial charge is 0.253 e. The molecule has 1 amide bonds. The Morgan fingerprint density at radius 3 is 2.88 bits per heavy atom. The first-order valence-electron chi connectivity index (χ1n) is 10.9. The van der Waals surface area contributed by atoms with Gasteiger partial charge in [0.05, 0.1) is 17.0 Å². The third-order valence-electron chi connectivity index (χ3n) is 6.06. The van der Waals surface area contributed by atoms with Crippen molar-refractivity contribution in [1.29, 1.82) is 0 Å². The van der Waals surface area contributed by atoms with Crippen molar-refractivity contribution >= 4 is 11.9 Å². The molecular weight excluding hydrogens is 407 g/mol. The summed E-state index contributed by atoms with van der Waals surface area (Å²) >= 11 is 0. The van der Waals surface area contributed by atoms with Gasteiger partial charge in [-0.3, -0.25) is 9.78 Å². The molecule has 2 aliphatic heterocycles. The number of fused-ring (bicyclic) bond motifs is 1. The molecule has 7 nitrogen and oxygen atoms in total. The molecule has 0 radical (unpaired) electrons. The highest BCUT2D eigenvalue weighted by atomic mass is 19.1. The highest BCUT2D eigenvalue weighted by molar-refractivity contribution is 5.94. The maximum Gasteiger partial charge on any atom is 0.253 e. The molecule has 2 aliphatic rings. The lowest BCUT2D eigenvalue weighted by Gasteiger charge is -2.25. The number of hydrogen-bond donors (Lipinski definition) is 1. The molecule has 2 aromatic heterocycles. The van der Waals surface area contributed by atoms with Gasteiger partial charge in [0, 0.05) is 62.2 Å². The lowest BCUT2D eigenvalue weighted by atomic mass is 10.1. The summed E-state index contributed by atoms with van der Waals surface area (Å²) in [4.78, 5) is 30.8. The zero-order valence-electron chi connectivity index (χ0n) is 18.0. The van der Waals surface area contributed by atoms with E-state index in [0.29, 0.717) is 23.4 Å². The Hall–Kier alpha value is -3.39. The first-order valence-corrected chi connectivity index (χ1v) is 10.9. The van der Waals surface area contributed by atoms with Crippen molar-refractivity contribution in [2.75, 3.05) is 31.6 Å². The van der Waals surface area contributed by atoms with Crippen LogP contribution in [0.4, 0.5) is 10.3 Å². The van der Waals surface area contributed by atoms with E-state index in [9.17, 15) is 9.18 Å². The molecule has 8 heteroatoms. The summed E-state index contributed by atoms with van der Waals surface area (Å²) in [7, 11) is 2.11. The summed E-state index contributed by atoms with van der Waals surface area (Å²) in [5.74, 6) is 0.267. The first-order chi connectivity index (χ1) is 15.5. The minimum absolute atomic E-state index is 0.0242. The van der Waals surface area contributed by atoms with E-state index in [4.69, 9.17) is 4.98 Å². The average Bonchev–Trinajstić information content (AvgIpc) is 3.27. The molecule has 3 aromatic rings. The van der Waals surface area contributed by atoms with Crippen LogP contribution >= 0.6 is 0 Å². The number of amides is 1. The van der Waals surface area contributed by atoms with Gasteiger partial charge in [0.2, 0.25) is 5.95 Å². The average molecular weight is 433 g/mol. The summed E-state index contributed by atoms with van der Waals surface area (Å²) in [5, 5.41) is 3.09. The van der Waals surface area contributed by atoms with E-state index >= 15 is 0 Å². The Labute approximate surface area is 186 Å². The van der Waals surface area contributed by atoms with E-state index in [1.165, 1.54) is 23.9 Å². The molecule has 1 unspecified atom stereocenters. The number of nitrogens with one attached hydrogen (secondary N) is 1. The van der Waals surface area contributed by atoms with Crippen LogP contribution in [-0.4, -0.2) is 58.5 Å². The first kappa shape index (κ1) is 20.5. The predicted octanol–water partition coefficient (Wildman–Crippen LogP) is 2.67. The fourth-order valence-corrected chi connectivity index (χ4v) is 4.27. The molecule has 0 spiro atoms. The van der Waals surface area contributed by atoms with E-state index in [2.05, 4.69) is 32.1 Å². The third kappa shape index (κ3) is 4.31. The van der Waals surface area contributed by atoms with E-state index in [1.807, 2.05) is 6.20 Å². The molecule has 1 aromatic carbocycles. The van der Waals surface area contributed by atoms with Crippen molar-refractivity contribution in [3.8, 4) is 11.3 Å². The van der Waals surface area contributed by atoms with Crippen LogP contribution in [0.3, 0.4) is 0 Å². The van der Waals surface area contributed by atoms with Crippen molar-refractivity contribution in [2.24, 2.45) is 0 Å². The molecule has 0 bridgehead atoms. The lowest BCUT2D eigenvalue weighted by molar-refractivity contribution is 0.0940. The van der Waals surface area contributed by atoms with E-state index < -0.39 is 0 Å². The van der Waals surface area contributed by atoms with Gasteiger partial charge in [-0.15, -0.1) is 0 Å². The zero-order valence-corrected chi connectivity index (χ0v) is 18.0. The number of nitrogens with zero attached hydrogens (tertiary/aromatic N) is 5. The summed E-state index contributed by atoms with van der Waals surface area (Å²) in [6.07, 6.45) is 5.24. The Balaban J connectivity index is 1.21. The molecule has 5 rings (SSSR count). The van der Waals surface area contributed by atoms with Crippen LogP contribution in [0.5, 0.6) is 0 Å². The molecule has 1 atom stereocenters. The van der Waals surface area contributed by atoms with Gasteiger partial charge in [-0.25, -0.2) is 14.4 Å². The number of aromatic nitrogens is 3. The van der Waals surface area contributed by atoms with Gasteiger partial charge in [-0.2, -0.15) is 0 Å². The Kier molecular flexibility index (Phi) is 5.53. The van der Waals surface area contributed by atoms with Crippen LogP contribution in [0.1, 0.15) is 28.0 Å². The summed E-state index contributed by atoms with van der Waals surface area (Å²) in [6.45, 7) is 3.38. The van der Waals surface area contributed by atoms with E-state index in [-0.39, 0.29) is 17.8 Å². The SMILES string of the molecule is CN1CCc2nc(N3CCC(NC(=O)c4ccc(-c5cccc(F)c5)nc4)C3)ncc2C1. The van der Waals surface area contributed by atoms with Gasteiger partial charge < -0.3 is 15.1 Å². The standard InChI is InChI=1S/C24H25FN6O/c1-30-9-8-22-18(14-30)13-27-24(29-22)31-10-7-20(15-31)28-23(32)17-5-6-21(26-12-17)16-3-2-4-19(25)11-16/h2-6,11-13,20H,7-10,14-15H2,1H3,(H,28,32). The van der Waals surface area contributed by atoms with Crippen LogP contribution < -0.4 is 10.2 Å². The van der Waals surface area contributed by atoms with Crippen molar-refractivity contribution in [3.63, 3.8) is 0 Å². The van der Waals surface area contributed by atoms with Crippen LogP contribution in [-0.2, 0) is 13.0 Å². The summed E-state index contributed by atoms with van der Waals surface area (Å²) in [5.41, 5.74) is 4.12. The monoisotopic (exact) mass is 432 g/mol. The maximum atomic E-state index is 13.4. The van der Waals surface area contributed by atoms with Gasteiger partial charge in [-0.05, 0) is 37.7 Å². The highest BCUT2D eigenvalue weighted by Gasteiger charge is 2.27. The molecule has 1 fully saturated rings. The number of pyridine rings is 1. The molecule has 1 N–H and O–H groups in total. The Bertz CT molecular complexity index is 1140. The van der Waals surface area contributed by atoms with Crippen molar-refractivity contribution in [1.82, 2.24) is 25.2 Å². The third-order valence-corrected chi connectivity index (χ3v) is 6.06. The molecule has 4 heterocycles. The second kappa shape index (κ2) is 8.63. The van der Waals surface area contributed by atoms with E-state index in [0.717, 1.165) is 44.1 Å². The lowest BCUT2D eigenvalue weighted by Crippen LogP contribution is -2.37. The molecular formula is C24H25FN6O. The number of anilines is 1. The topological polar surface area (TPSA) is 74.2 Å². The highest BCUT2D eigenvalue weighted by Crippen LogP contribution is 2.22.